The molecule has 4 rings (SSSR count). The van der Waals surface area contributed by atoms with E-state index in [1.807, 2.05) is 35.6 Å². The molecule has 1 amide bonds. The van der Waals surface area contributed by atoms with Crippen LogP contribution in [0.15, 0.2) is 35.1 Å². The molecule has 174 valence electrons. The molecule has 0 saturated carbocycles. The van der Waals surface area contributed by atoms with Gasteiger partial charge >= 0.3 is 0 Å². The minimum absolute atomic E-state index is 0.118. The Balaban J connectivity index is 1.49. The van der Waals surface area contributed by atoms with Gasteiger partial charge in [-0.15, -0.1) is 11.3 Å². The summed E-state index contributed by atoms with van der Waals surface area (Å²) in [4.78, 5) is 26.9. The number of aryl methyl sites for hydroxylation is 2. The van der Waals surface area contributed by atoms with Crippen molar-refractivity contribution >= 4 is 33.0 Å². The number of carbonyl (C=O) groups is 1. The van der Waals surface area contributed by atoms with Gasteiger partial charge in [0.2, 0.25) is 5.91 Å². The number of ether oxygens (including phenoxy) is 2. The molecule has 0 spiro atoms. The number of nitrogens with one attached hydrogen (secondary N) is 1. The van der Waals surface area contributed by atoms with Crippen LogP contribution in [0.25, 0.3) is 15.7 Å². The van der Waals surface area contributed by atoms with Gasteiger partial charge in [-0.05, 0) is 42.7 Å². The molecule has 0 unspecified atom stereocenters. The monoisotopic (exact) mass is 468 g/mol. The van der Waals surface area contributed by atoms with Gasteiger partial charge < -0.3 is 14.8 Å². The quantitative estimate of drug-likeness (QED) is 0.408. The van der Waals surface area contributed by atoms with Crippen molar-refractivity contribution in [3.63, 3.8) is 0 Å². The molecule has 0 atom stereocenters. The van der Waals surface area contributed by atoms with E-state index >= 15 is 0 Å². The number of carbonyl (C=O) groups excluding carboxylic acids is 1. The number of thiophene rings is 1. The Kier molecular flexibility index (Phi) is 6.69. The summed E-state index contributed by atoms with van der Waals surface area (Å²) >= 11 is 1.69. The van der Waals surface area contributed by atoms with E-state index in [0.717, 1.165) is 28.0 Å². The van der Waals surface area contributed by atoms with E-state index in [4.69, 9.17) is 9.47 Å². The van der Waals surface area contributed by atoms with Gasteiger partial charge in [-0.3, -0.25) is 14.0 Å². The van der Waals surface area contributed by atoms with E-state index in [0.29, 0.717) is 36.4 Å². The number of aromatic nitrogens is 3. The first-order valence-electron chi connectivity index (χ1n) is 11.0. The minimum atomic E-state index is -0.260. The third-order valence-corrected chi connectivity index (χ3v) is 6.85. The maximum absolute atomic E-state index is 13.1. The van der Waals surface area contributed by atoms with E-state index in [1.165, 1.54) is 9.56 Å². The number of methoxy groups -OCH3 is 2. The molecule has 0 fully saturated rings. The highest BCUT2D eigenvalue weighted by Gasteiger charge is 2.17. The van der Waals surface area contributed by atoms with Crippen LogP contribution in [0, 0.1) is 0 Å². The van der Waals surface area contributed by atoms with Gasteiger partial charge in [0.15, 0.2) is 11.5 Å². The highest BCUT2D eigenvalue weighted by atomic mass is 32.1. The van der Waals surface area contributed by atoms with Gasteiger partial charge in [-0.25, -0.2) is 4.68 Å². The molecule has 0 radical (unpaired) electrons. The van der Waals surface area contributed by atoms with Crippen LogP contribution < -0.4 is 20.3 Å². The number of rotatable bonds is 9. The molecule has 0 saturated heterocycles. The van der Waals surface area contributed by atoms with Gasteiger partial charge in [0, 0.05) is 17.8 Å². The fraction of sp³-hybridized carbons (Fsp3) is 0.375. The highest BCUT2D eigenvalue weighted by Crippen LogP contribution is 2.29. The van der Waals surface area contributed by atoms with E-state index in [9.17, 15) is 9.59 Å². The zero-order chi connectivity index (χ0) is 23.5. The van der Waals surface area contributed by atoms with Gasteiger partial charge in [-0.1, -0.05) is 19.9 Å². The van der Waals surface area contributed by atoms with Crippen molar-refractivity contribution in [2.75, 3.05) is 20.8 Å². The lowest BCUT2D eigenvalue weighted by Gasteiger charge is -2.11. The number of amides is 1. The van der Waals surface area contributed by atoms with Crippen molar-refractivity contribution in [3.8, 4) is 11.5 Å². The van der Waals surface area contributed by atoms with E-state index in [1.54, 1.807) is 25.6 Å². The summed E-state index contributed by atoms with van der Waals surface area (Å²) in [5, 5.41) is 7.38. The second-order valence-corrected chi connectivity index (χ2v) is 8.87. The maximum Gasteiger partial charge on any atom is 0.291 e. The Morgan fingerprint density at radius 2 is 1.85 bits per heavy atom. The molecule has 1 N–H and O–H groups in total. The summed E-state index contributed by atoms with van der Waals surface area (Å²) in [7, 11) is 3.18. The SMILES string of the molecule is CCc1cc2c(cc3c(=O)n(CC(=O)NCCc4ccc(OC)c(OC)c4)nc(CC)n32)s1. The summed E-state index contributed by atoms with van der Waals surface area (Å²) in [5.74, 6) is 1.82. The van der Waals surface area contributed by atoms with Crippen LogP contribution in [-0.4, -0.2) is 40.9 Å². The third-order valence-electron chi connectivity index (χ3n) is 5.63. The van der Waals surface area contributed by atoms with E-state index in [-0.39, 0.29) is 18.0 Å². The molecule has 0 aliphatic rings. The number of benzene rings is 1. The lowest BCUT2D eigenvalue weighted by atomic mass is 10.1. The van der Waals surface area contributed by atoms with Crippen molar-refractivity contribution < 1.29 is 14.3 Å². The molecule has 9 heteroatoms. The fourth-order valence-corrected chi connectivity index (χ4v) is 4.95. The Bertz CT molecular complexity index is 1370. The van der Waals surface area contributed by atoms with Crippen molar-refractivity contribution in [3.05, 3.63) is 57.0 Å². The van der Waals surface area contributed by atoms with Crippen LogP contribution >= 0.6 is 11.3 Å². The zero-order valence-corrected chi connectivity index (χ0v) is 20.1. The molecule has 3 aromatic heterocycles. The number of hydrogen-bond acceptors (Lipinski definition) is 6. The average Bonchev–Trinajstić information content (AvgIpc) is 3.39. The normalized spacial score (nSPS) is 11.3. The molecule has 0 aliphatic heterocycles. The second kappa shape index (κ2) is 9.66. The zero-order valence-electron chi connectivity index (χ0n) is 19.3. The van der Waals surface area contributed by atoms with Crippen LogP contribution in [0.3, 0.4) is 0 Å². The molecular weight excluding hydrogens is 440 g/mol. The van der Waals surface area contributed by atoms with Crippen molar-refractivity contribution in [2.45, 2.75) is 39.7 Å². The topological polar surface area (TPSA) is 86.9 Å². The highest BCUT2D eigenvalue weighted by molar-refractivity contribution is 7.19. The van der Waals surface area contributed by atoms with Crippen molar-refractivity contribution in [1.29, 1.82) is 0 Å². The Morgan fingerprint density at radius 3 is 2.55 bits per heavy atom. The van der Waals surface area contributed by atoms with Gasteiger partial charge in [0.05, 0.1) is 24.4 Å². The molecule has 1 aromatic carbocycles. The summed E-state index contributed by atoms with van der Waals surface area (Å²) < 4.78 is 14.8. The lowest BCUT2D eigenvalue weighted by Crippen LogP contribution is -2.36. The van der Waals surface area contributed by atoms with Crippen LogP contribution in [0.4, 0.5) is 0 Å². The van der Waals surface area contributed by atoms with Gasteiger partial charge in [0.25, 0.3) is 5.56 Å². The predicted octanol–water partition coefficient (Wildman–Crippen LogP) is 3.21. The maximum atomic E-state index is 13.1. The predicted molar refractivity (Wildman–Crippen MR) is 130 cm³/mol. The lowest BCUT2D eigenvalue weighted by molar-refractivity contribution is -0.121. The summed E-state index contributed by atoms with van der Waals surface area (Å²) in [6, 6.07) is 9.70. The third kappa shape index (κ3) is 4.45. The summed E-state index contributed by atoms with van der Waals surface area (Å²) in [5.41, 5.74) is 2.32. The molecule has 3 heterocycles. The molecule has 0 bridgehead atoms. The van der Waals surface area contributed by atoms with Crippen LogP contribution in [0.1, 0.15) is 30.1 Å². The van der Waals surface area contributed by atoms with Gasteiger partial charge in [0.1, 0.15) is 17.9 Å². The molecule has 0 aliphatic carbocycles. The first kappa shape index (κ1) is 22.8. The van der Waals surface area contributed by atoms with Crippen LogP contribution in [0.2, 0.25) is 0 Å². The second-order valence-electron chi connectivity index (χ2n) is 7.70. The number of fused-ring (bicyclic) bond motifs is 3. The average molecular weight is 469 g/mol. The molecular formula is C24H28N4O4S. The smallest absolute Gasteiger partial charge is 0.291 e. The molecule has 33 heavy (non-hydrogen) atoms. The summed E-state index contributed by atoms with van der Waals surface area (Å²) in [6.07, 6.45) is 2.23. The molecule has 8 nitrogen and oxygen atoms in total. The van der Waals surface area contributed by atoms with E-state index in [2.05, 4.69) is 23.4 Å². The van der Waals surface area contributed by atoms with Crippen LogP contribution in [0.5, 0.6) is 11.5 Å². The number of nitrogens with zero attached hydrogens (tertiary/aromatic N) is 3. The minimum Gasteiger partial charge on any atom is -0.493 e. The van der Waals surface area contributed by atoms with Crippen molar-refractivity contribution in [2.24, 2.45) is 0 Å². The van der Waals surface area contributed by atoms with E-state index < -0.39 is 0 Å². The number of hydrogen-bond donors (Lipinski definition) is 1. The summed E-state index contributed by atoms with van der Waals surface area (Å²) in [6.45, 7) is 4.44. The Hall–Kier alpha value is -3.33. The van der Waals surface area contributed by atoms with Gasteiger partial charge in [-0.2, -0.15) is 5.10 Å². The molecule has 4 aromatic rings. The fourth-order valence-electron chi connectivity index (χ4n) is 3.92. The largest absolute Gasteiger partial charge is 0.493 e. The van der Waals surface area contributed by atoms with Crippen LogP contribution in [-0.2, 0) is 30.6 Å². The first-order chi connectivity index (χ1) is 16.0. The first-order valence-corrected chi connectivity index (χ1v) is 11.8. The Morgan fingerprint density at radius 1 is 1.06 bits per heavy atom. The van der Waals surface area contributed by atoms with Crippen molar-refractivity contribution in [1.82, 2.24) is 19.5 Å². The Labute approximate surface area is 195 Å². The standard InChI is InChI=1S/C24H28N4O4S/c1-5-16-12-17-21(33-16)13-18-24(30)27(26-22(6-2)28(17)18)14-23(29)25-10-9-15-7-8-19(31-3)20(11-15)32-4/h7-8,11-13H,5-6,9-10,14H2,1-4H3,(H,25,29).